The molecule has 2 aromatic rings. The number of pyridine rings is 1. The molecule has 17 heavy (non-hydrogen) atoms. The maximum absolute atomic E-state index is 5.50. The summed E-state index contributed by atoms with van der Waals surface area (Å²) in [4.78, 5) is 4.28. The molecule has 0 aromatic carbocycles. The average molecular weight is 231 g/mol. The summed E-state index contributed by atoms with van der Waals surface area (Å²) in [7, 11) is 1.79. The van der Waals surface area contributed by atoms with Gasteiger partial charge in [-0.25, -0.2) is 4.98 Å². The molecule has 1 fully saturated rings. The van der Waals surface area contributed by atoms with Crippen LogP contribution in [0.2, 0.25) is 0 Å². The number of ether oxygens (including phenoxy) is 1. The first-order chi connectivity index (χ1) is 8.38. The van der Waals surface area contributed by atoms with Crippen molar-refractivity contribution in [2.45, 2.75) is 31.4 Å². The molecule has 1 aliphatic rings. The van der Waals surface area contributed by atoms with E-state index in [4.69, 9.17) is 4.74 Å². The van der Waals surface area contributed by atoms with Gasteiger partial charge in [-0.05, 0) is 31.4 Å². The fourth-order valence-corrected chi connectivity index (χ4v) is 2.63. The fourth-order valence-electron chi connectivity index (χ4n) is 2.63. The van der Waals surface area contributed by atoms with E-state index in [1.165, 1.54) is 12.8 Å². The Morgan fingerprint density at radius 2 is 2.35 bits per heavy atom. The fraction of sp³-hybridized carbons (Fsp3) is 0.462. The van der Waals surface area contributed by atoms with Gasteiger partial charge < -0.3 is 10.1 Å². The Bertz CT molecular complexity index is 508. The van der Waals surface area contributed by atoms with Crippen molar-refractivity contribution in [1.82, 2.24) is 9.38 Å². The molecule has 4 nitrogen and oxygen atoms in total. The largest absolute Gasteiger partial charge is 0.379 e. The number of hydrogen-bond acceptors (Lipinski definition) is 3. The minimum Gasteiger partial charge on any atom is -0.379 e. The van der Waals surface area contributed by atoms with Crippen LogP contribution in [-0.4, -0.2) is 28.6 Å². The summed E-state index contributed by atoms with van der Waals surface area (Å²) in [6.07, 6.45) is 7.68. The van der Waals surface area contributed by atoms with Crippen LogP contribution in [0.4, 0.5) is 5.82 Å². The highest BCUT2D eigenvalue weighted by Crippen LogP contribution is 2.25. The summed E-state index contributed by atoms with van der Waals surface area (Å²) in [5.41, 5.74) is 0.974. The SMILES string of the molecule is COC1CCCC1Nc1cccc2nccn12. The highest BCUT2D eigenvalue weighted by atomic mass is 16.5. The molecule has 0 spiro atoms. The zero-order valence-corrected chi connectivity index (χ0v) is 9.97. The first-order valence-corrected chi connectivity index (χ1v) is 6.10. The molecule has 0 saturated heterocycles. The zero-order valence-electron chi connectivity index (χ0n) is 9.97. The van der Waals surface area contributed by atoms with Gasteiger partial charge in [0.25, 0.3) is 0 Å². The third kappa shape index (κ3) is 1.89. The minimum atomic E-state index is 0.328. The minimum absolute atomic E-state index is 0.328. The number of imidazole rings is 1. The Kier molecular flexibility index (Phi) is 2.73. The maximum Gasteiger partial charge on any atom is 0.138 e. The third-order valence-corrected chi connectivity index (χ3v) is 3.52. The van der Waals surface area contributed by atoms with Crippen LogP contribution in [0.15, 0.2) is 30.6 Å². The molecule has 1 aliphatic carbocycles. The van der Waals surface area contributed by atoms with Gasteiger partial charge in [-0.15, -0.1) is 0 Å². The van der Waals surface area contributed by atoms with Crippen LogP contribution in [0.25, 0.3) is 5.65 Å². The number of hydrogen-bond donors (Lipinski definition) is 1. The predicted molar refractivity (Wildman–Crippen MR) is 67.3 cm³/mol. The number of methoxy groups -OCH3 is 1. The summed E-state index contributed by atoms with van der Waals surface area (Å²) in [6, 6.07) is 6.53. The van der Waals surface area contributed by atoms with Crippen molar-refractivity contribution in [1.29, 1.82) is 0 Å². The van der Waals surface area contributed by atoms with E-state index >= 15 is 0 Å². The van der Waals surface area contributed by atoms with Gasteiger partial charge in [0.1, 0.15) is 11.5 Å². The number of nitrogens with one attached hydrogen (secondary N) is 1. The van der Waals surface area contributed by atoms with Crippen LogP contribution in [0.3, 0.4) is 0 Å². The highest BCUT2D eigenvalue weighted by molar-refractivity contribution is 5.50. The second kappa shape index (κ2) is 4.37. The molecule has 2 unspecified atom stereocenters. The van der Waals surface area contributed by atoms with Gasteiger partial charge in [-0.1, -0.05) is 6.07 Å². The van der Waals surface area contributed by atoms with Crippen LogP contribution < -0.4 is 5.32 Å². The van der Waals surface area contributed by atoms with E-state index in [2.05, 4.69) is 20.8 Å². The van der Waals surface area contributed by atoms with Crippen LogP contribution in [0, 0.1) is 0 Å². The summed E-state index contributed by atoms with van der Waals surface area (Å²) < 4.78 is 7.58. The lowest BCUT2D eigenvalue weighted by Gasteiger charge is -2.21. The molecule has 90 valence electrons. The van der Waals surface area contributed by atoms with Gasteiger partial charge in [0, 0.05) is 19.5 Å². The van der Waals surface area contributed by atoms with Gasteiger partial charge >= 0.3 is 0 Å². The molecule has 1 N–H and O–H groups in total. The Morgan fingerprint density at radius 3 is 3.24 bits per heavy atom. The Balaban J connectivity index is 1.87. The zero-order chi connectivity index (χ0) is 11.7. The molecule has 3 rings (SSSR count). The molecule has 1 saturated carbocycles. The second-order valence-electron chi connectivity index (χ2n) is 4.52. The molecule has 0 amide bonds. The van der Waals surface area contributed by atoms with Crippen molar-refractivity contribution in [2.75, 3.05) is 12.4 Å². The van der Waals surface area contributed by atoms with E-state index in [1.54, 1.807) is 7.11 Å². The van der Waals surface area contributed by atoms with E-state index in [1.807, 2.05) is 24.5 Å². The lowest BCUT2D eigenvalue weighted by Crippen LogP contribution is -2.30. The van der Waals surface area contributed by atoms with Gasteiger partial charge in [-0.3, -0.25) is 4.40 Å². The molecule has 0 radical (unpaired) electrons. The first-order valence-electron chi connectivity index (χ1n) is 6.10. The third-order valence-electron chi connectivity index (χ3n) is 3.52. The lowest BCUT2D eigenvalue weighted by molar-refractivity contribution is 0.101. The summed E-state index contributed by atoms with van der Waals surface area (Å²) in [5.74, 6) is 1.09. The summed E-state index contributed by atoms with van der Waals surface area (Å²) in [5, 5.41) is 3.57. The molecular weight excluding hydrogens is 214 g/mol. The lowest BCUT2D eigenvalue weighted by atomic mass is 10.2. The molecular formula is C13H17N3O. The van der Waals surface area contributed by atoms with Crippen molar-refractivity contribution in [2.24, 2.45) is 0 Å². The van der Waals surface area contributed by atoms with Crippen LogP contribution in [-0.2, 0) is 4.74 Å². The molecule has 0 bridgehead atoms. The molecule has 2 atom stereocenters. The van der Waals surface area contributed by atoms with Gasteiger partial charge in [-0.2, -0.15) is 0 Å². The smallest absolute Gasteiger partial charge is 0.138 e. The van der Waals surface area contributed by atoms with E-state index in [0.717, 1.165) is 17.9 Å². The topological polar surface area (TPSA) is 38.6 Å². The maximum atomic E-state index is 5.50. The number of anilines is 1. The normalized spacial score (nSPS) is 24.3. The molecule has 0 aliphatic heterocycles. The van der Waals surface area contributed by atoms with Crippen molar-refractivity contribution in [3.63, 3.8) is 0 Å². The summed E-state index contributed by atoms with van der Waals surface area (Å²) >= 11 is 0. The number of fused-ring (bicyclic) bond motifs is 1. The monoisotopic (exact) mass is 231 g/mol. The Hall–Kier alpha value is -1.55. The van der Waals surface area contributed by atoms with E-state index < -0.39 is 0 Å². The predicted octanol–water partition coefficient (Wildman–Crippen LogP) is 2.31. The van der Waals surface area contributed by atoms with E-state index in [0.29, 0.717) is 12.1 Å². The second-order valence-corrected chi connectivity index (χ2v) is 4.52. The Morgan fingerprint density at radius 1 is 1.41 bits per heavy atom. The Labute approximate surface area is 101 Å². The van der Waals surface area contributed by atoms with Crippen molar-refractivity contribution >= 4 is 11.5 Å². The van der Waals surface area contributed by atoms with Crippen molar-refractivity contribution < 1.29 is 4.74 Å². The average Bonchev–Trinajstić information content (AvgIpc) is 2.97. The first kappa shape index (κ1) is 10.6. The van der Waals surface area contributed by atoms with Crippen LogP contribution in [0.5, 0.6) is 0 Å². The number of aromatic nitrogens is 2. The summed E-state index contributed by atoms with van der Waals surface area (Å²) in [6.45, 7) is 0. The van der Waals surface area contributed by atoms with E-state index in [-0.39, 0.29) is 0 Å². The molecule has 2 heterocycles. The molecule has 2 aromatic heterocycles. The van der Waals surface area contributed by atoms with Crippen LogP contribution in [0.1, 0.15) is 19.3 Å². The standard InChI is InChI=1S/C13H17N3O/c1-17-11-5-2-4-10(11)15-13-7-3-6-12-14-8-9-16(12)13/h3,6-11,15H,2,4-5H2,1H3. The van der Waals surface area contributed by atoms with Crippen molar-refractivity contribution in [3.8, 4) is 0 Å². The van der Waals surface area contributed by atoms with Crippen LogP contribution >= 0.6 is 0 Å². The quantitative estimate of drug-likeness (QED) is 0.881. The molecule has 4 heteroatoms. The number of nitrogens with zero attached hydrogens (tertiary/aromatic N) is 2. The van der Waals surface area contributed by atoms with Crippen molar-refractivity contribution in [3.05, 3.63) is 30.6 Å². The van der Waals surface area contributed by atoms with Gasteiger partial charge in [0.15, 0.2) is 0 Å². The van der Waals surface area contributed by atoms with Gasteiger partial charge in [0.05, 0.1) is 12.1 Å². The van der Waals surface area contributed by atoms with E-state index in [9.17, 15) is 0 Å². The highest BCUT2D eigenvalue weighted by Gasteiger charge is 2.27. The van der Waals surface area contributed by atoms with Gasteiger partial charge in [0.2, 0.25) is 0 Å². The number of rotatable bonds is 3.